The van der Waals surface area contributed by atoms with Crippen molar-refractivity contribution in [3.05, 3.63) is 64.7 Å². The summed E-state index contributed by atoms with van der Waals surface area (Å²) in [4.78, 5) is 27.9. The summed E-state index contributed by atoms with van der Waals surface area (Å²) >= 11 is 8.84. The van der Waals surface area contributed by atoms with Crippen LogP contribution in [0.3, 0.4) is 0 Å². The van der Waals surface area contributed by atoms with Crippen LogP contribution in [0.2, 0.25) is 5.02 Å². The molecule has 4 rings (SSSR count). The van der Waals surface area contributed by atoms with E-state index in [-0.39, 0.29) is 17.4 Å². The molecule has 35 heavy (non-hydrogen) atoms. The van der Waals surface area contributed by atoms with Gasteiger partial charge in [0, 0.05) is 35.8 Å². The molecule has 11 heteroatoms. The monoisotopic (exact) mass is 531 g/mol. The molecule has 1 aromatic heterocycles. The van der Waals surface area contributed by atoms with Crippen molar-refractivity contribution in [1.29, 1.82) is 0 Å². The number of ether oxygens (including phenoxy) is 1. The molecule has 2 heterocycles. The van der Waals surface area contributed by atoms with Gasteiger partial charge in [-0.05, 0) is 31.2 Å². The lowest BCUT2D eigenvalue weighted by molar-refractivity contribution is -0.113. The SMILES string of the molecule is O=C(CSc1nnc(NCCCN2CCOCC2)s1)Nc1ccc(Cl)cc1C(=O)c1ccccc1. The van der Waals surface area contributed by atoms with E-state index in [1.54, 1.807) is 42.5 Å². The minimum atomic E-state index is -0.241. The van der Waals surface area contributed by atoms with Crippen molar-refractivity contribution in [1.82, 2.24) is 15.1 Å². The fourth-order valence-electron chi connectivity index (χ4n) is 3.53. The third-order valence-electron chi connectivity index (χ3n) is 5.30. The zero-order chi connectivity index (χ0) is 24.5. The standard InChI is InChI=1S/C24H26ClN5O3S2/c25-18-7-8-20(19(15-18)22(32)17-5-2-1-3-6-17)27-21(31)16-34-24-29-28-23(35-24)26-9-4-10-30-11-13-33-14-12-30/h1-3,5-8,15H,4,9-14,16H2,(H,26,28)(H,27,31). The Balaban J connectivity index is 1.25. The molecule has 0 radical (unpaired) electrons. The van der Waals surface area contributed by atoms with Crippen molar-refractivity contribution in [2.45, 2.75) is 10.8 Å². The highest BCUT2D eigenvalue weighted by molar-refractivity contribution is 8.01. The lowest BCUT2D eigenvalue weighted by atomic mass is 10.0. The second-order valence-corrected chi connectivity index (χ2v) is 10.5. The molecule has 0 saturated carbocycles. The molecule has 2 N–H and O–H groups in total. The van der Waals surface area contributed by atoms with Crippen LogP contribution in [0.5, 0.6) is 0 Å². The summed E-state index contributed by atoms with van der Waals surface area (Å²) in [6, 6.07) is 13.8. The van der Waals surface area contributed by atoms with Gasteiger partial charge in [0.05, 0.1) is 24.7 Å². The van der Waals surface area contributed by atoms with Crippen molar-refractivity contribution in [2.75, 3.05) is 55.8 Å². The van der Waals surface area contributed by atoms with Crippen LogP contribution in [-0.4, -0.2) is 71.9 Å². The van der Waals surface area contributed by atoms with E-state index in [4.69, 9.17) is 16.3 Å². The highest BCUT2D eigenvalue weighted by Crippen LogP contribution is 2.27. The number of hydrogen-bond donors (Lipinski definition) is 2. The molecule has 0 bridgehead atoms. The lowest BCUT2D eigenvalue weighted by Gasteiger charge is -2.26. The Bertz CT molecular complexity index is 1140. The highest BCUT2D eigenvalue weighted by Gasteiger charge is 2.17. The number of carbonyl (C=O) groups excluding carboxylic acids is 2. The third kappa shape index (κ3) is 7.74. The van der Waals surface area contributed by atoms with Crippen LogP contribution < -0.4 is 10.6 Å². The van der Waals surface area contributed by atoms with Crippen molar-refractivity contribution in [3.8, 4) is 0 Å². The number of benzene rings is 2. The molecular formula is C24H26ClN5O3S2. The molecule has 1 aliphatic rings. The van der Waals surface area contributed by atoms with Gasteiger partial charge in [-0.3, -0.25) is 14.5 Å². The normalized spacial score (nSPS) is 14.0. The Morgan fingerprint density at radius 3 is 2.71 bits per heavy atom. The number of ketones is 1. The zero-order valence-electron chi connectivity index (χ0n) is 19.0. The number of anilines is 2. The second-order valence-electron chi connectivity index (χ2n) is 7.83. The van der Waals surface area contributed by atoms with E-state index in [0.29, 0.717) is 26.2 Å². The molecule has 1 aliphatic heterocycles. The second kappa shape index (κ2) is 13.0. The summed E-state index contributed by atoms with van der Waals surface area (Å²) < 4.78 is 6.07. The molecule has 1 saturated heterocycles. The van der Waals surface area contributed by atoms with Gasteiger partial charge in [-0.15, -0.1) is 10.2 Å². The molecule has 0 spiro atoms. The van der Waals surface area contributed by atoms with Gasteiger partial charge in [-0.2, -0.15) is 0 Å². The first-order chi connectivity index (χ1) is 17.1. The number of morpholine rings is 1. The van der Waals surface area contributed by atoms with Gasteiger partial charge in [0.25, 0.3) is 0 Å². The van der Waals surface area contributed by atoms with Crippen LogP contribution >= 0.6 is 34.7 Å². The van der Waals surface area contributed by atoms with Crippen LogP contribution in [0.25, 0.3) is 0 Å². The summed E-state index contributed by atoms with van der Waals surface area (Å²) in [5.74, 6) is -0.299. The Kier molecular flexibility index (Phi) is 9.50. The predicted molar refractivity (Wildman–Crippen MR) is 141 cm³/mol. The molecule has 1 amide bonds. The van der Waals surface area contributed by atoms with Gasteiger partial charge in [0.15, 0.2) is 10.1 Å². The van der Waals surface area contributed by atoms with E-state index in [0.717, 1.165) is 50.9 Å². The molecule has 0 atom stereocenters. The fourth-order valence-corrected chi connectivity index (χ4v) is 5.28. The van der Waals surface area contributed by atoms with Crippen LogP contribution in [0.4, 0.5) is 10.8 Å². The maximum absolute atomic E-state index is 12.9. The van der Waals surface area contributed by atoms with Gasteiger partial charge < -0.3 is 15.4 Å². The van der Waals surface area contributed by atoms with Gasteiger partial charge in [0.2, 0.25) is 11.0 Å². The molecule has 184 valence electrons. The number of halogens is 1. The Labute approximate surface area is 217 Å². The number of thioether (sulfide) groups is 1. The summed E-state index contributed by atoms with van der Waals surface area (Å²) in [5.41, 5.74) is 1.30. The van der Waals surface area contributed by atoms with E-state index in [1.807, 2.05) is 6.07 Å². The van der Waals surface area contributed by atoms with E-state index in [1.165, 1.54) is 23.1 Å². The van der Waals surface area contributed by atoms with Crippen molar-refractivity contribution >= 4 is 57.2 Å². The van der Waals surface area contributed by atoms with Crippen molar-refractivity contribution in [2.24, 2.45) is 0 Å². The first-order valence-electron chi connectivity index (χ1n) is 11.3. The Morgan fingerprint density at radius 2 is 1.91 bits per heavy atom. The summed E-state index contributed by atoms with van der Waals surface area (Å²) in [6.45, 7) is 5.42. The molecule has 1 fully saturated rings. The van der Waals surface area contributed by atoms with Crippen LogP contribution in [-0.2, 0) is 9.53 Å². The van der Waals surface area contributed by atoms with Crippen LogP contribution in [0.15, 0.2) is 52.9 Å². The number of hydrogen-bond acceptors (Lipinski definition) is 9. The number of aromatic nitrogens is 2. The summed E-state index contributed by atoms with van der Waals surface area (Å²) in [7, 11) is 0. The van der Waals surface area contributed by atoms with E-state index >= 15 is 0 Å². The molecule has 0 unspecified atom stereocenters. The summed E-state index contributed by atoms with van der Waals surface area (Å²) in [6.07, 6.45) is 1.01. The first-order valence-corrected chi connectivity index (χ1v) is 13.5. The average molecular weight is 532 g/mol. The van der Waals surface area contributed by atoms with Gasteiger partial charge in [-0.25, -0.2) is 0 Å². The quantitative estimate of drug-likeness (QED) is 0.215. The van der Waals surface area contributed by atoms with Gasteiger partial charge in [0.1, 0.15) is 0 Å². The fraction of sp³-hybridized carbons (Fsp3) is 0.333. The Morgan fingerprint density at radius 1 is 1.11 bits per heavy atom. The van der Waals surface area contributed by atoms with Crippen LogP contribution in [0.1, 0.15) is 22.3 Å². The lowest BCUT2D eigenvalue weighted by Crippen LogP contribution is -2.37. The number of nitrogens with one attached hydrogen (secondary N) is 2. The highest BCUT2D eigenvalue weighted by atomic mass is 35.5. The Hall–Kier alpha value is -2.50. The summed E-state index contributed by atoms with van der Waals surface area (Å²) in [5, 5.41) is 15.6. The molecule has 3 aromatic rings. The largest absolute Gasteiger partial charge is 0.379 e. The van der Waals surface area contributed by atoms with Crippen LogP contribution in [0, 0.1) is 0 Å². The number of amides is 1. The van der Waals surface area contributed by atoms with Gasteiger partial charge in [-0.1, -0.05) is 65.0 Å². The zero-order valence-corrected chi connectivity index (χ0v) is 21.4. The maximum Gasteiger partial charge on any atom is 0.234 e. The van der Waals surface area contributed by atoms with E-state index < -0.39 is 0 Å². The van der Waals surface area contributed by atoms with Crippen molar-refractivity contribution in [3.63, 3.8) is 0 Å². The third-order valence-corrected chi connectivity index (χ3v) is 7.55. The molecule has 8 nitrogen and oxygen atoms in total. The first kappa shape index (κ1) is 25.6. The topological polar surface area (TPSA) is 96.5 Å². The minimum Gasteiger partial charge on any atom is -0.379 e. The van der Waals surface area contributed by atoms with E-state index in [9.17, 15) is 9.59 Å². The van der Waals surface area contributed by atoms with Gasteiger partial charge >= 0.3 is 0 Å². The molecular weight excluding hydrogens is 506 g/mol. The van der Waals surface area contributed by atoms with E-state index in [2.05, 4.69) is 25.7 Å². The number of nitrogens with zero attached hydrogens (tertiary/aromatic N) is 3. The molecule has 2 aromatic carbocycles. The number of carbonyl (C=O) groups is 2. The smallest absolute Gasteiger partial charge is 0.234 e. The molecule has 0 aliphatic carbocycles. The van der Waals surface area contributed by atoms with Crippen molar-refractivity contribution < 1.29 is 14.3 Å². The minimum absolute atomic E-state index is 0.146. The maximum atomic E-state index is 12.9. The average Bonchev–Trinajstić information content (AvgIpc) is 3.35. The predicted octanol–water partition coefficient (Wildman–Crippen LogP) is 4.29. The number of rotatable bonds is 11.